The van der Waals surface area contributed by atoms with Crippen molar-refractivity contribution in [3.05, 3.63) is 45.6 Å². The van der Waals surface area contributed by atoms with Crippen LogP contribution in [0.4, 0.5) is 11.5 Å². The predicted molar refractivity (Wildman–Crippen MR) is 93.8 cm³/mol. The molecule has 1 amide bonds. The third kappa shape index (κ3) is 4.27. The number of nitrogens with one attached hydrogen (secondary N) is 2. The van der Waals surface area contributed by atoms with Crippen LogP contribution in [-0.4, -0.2) is 24.5 Å². The minimum absolute atomic E-state index is 0.0551. The number of nitrogens with zero attached hydrogens (tertiary/aromatic N) is 1. The molecule has 1 aromatic heterocycles. The molecule has 0 aliphatic carbocycles. The fraction of sp³-hybridized carbons (Fsp3) is 0.250. The Hall–Kier alpha value is -1.98. The van der Waals surface area contributed by atoms with Crippen molar-refractivity contribution in [3.8, 4) is 5.75 Å². The molecule has 0 radical (unpaired) electrons. The molecule has 0 saturated carbocycles. The van der Waals surface area contributed by atoms with Gasteiger partial charge in [-0.1, -0.05) is 29.3 Å². The molecule has 122 valence electrons. The number of aromatic nitrogens is 1. The SMILES string of the molecule is COc1ccc(C)cc1NCC(=O)Nc1ncc(Cl)c(C)c1Cl. The zero-order valence-corrected chi connectivity index (χ0v) is 14.5. The highest BCUT2D eigenvalue weighted by atomic mass is 35.5. The lowest BCUT2D eigenvalue weighted by Gasteiger charge is -2.13. The van der Waals surface area contributed by atoms with Gasteiger partial charge in [0.2, 0.25) is 5.91 Å². The number of methoxy groups -OCH3 is 1. The van der Waals surface area contributed by atoms with Crippen LogP contribution < -0.4 is 15.4 Å². The maximum atomic E-state index is 12.1. The molecule has 5 nitrogen and oxygen atoms in total. The van der Waals surface area contributed by atoms with E-state index in [4.69, 9.17) is 27.9 Å². The summed E-state index contributed by atoms with van der Waals surface area (Å²) in [6.45, 7) is 3.78. The third-order valence-electron chi connectivity index (χ3n) is 3.25. The molecule has 0 atom stereocenters. The Morgan fingerprint density at radius 2 is 2.04 bits per heavy atom. The number of rotatable bonds is 5. The maximum absolute atomic E-state index is 12.1. The van der Waals surface area contributed by atoms with Gasteiger partial charge in [-0.15, -0.1) is 0 Å². The Labute approximate surface area is 145 Å². The Balaban J connectivity index is 2.04. The number of carbonyl (C=O) groups is 1. The topological polar surface area (TPSA) is 63.2 Å². The molecular weight excluding hydrogens is 337 g/mol. The van der Waals surface area contributed by atoms with Gasteiger partial charge in [-0.05, 0) is 37.1 Å². The minimum Gasteiger partial charge on any atom is -0.495 e. The molecular formula is C16H17Cl2N3O2. The number of hydrogen-bond acceptors (Lipinski definition) is 4. The van der Waals surface area contributed by atoms with Crippen molar-refractivity contribution in [2.24, 2.45) is 0 Å². The van der Waals surface area contributed by atoms with Crippen molar-refractivity contribution < 1.29 is 9.53 Å². The molecule has 1 heterocycles. The van der Waals surface area contributed by atoms with Crippen LogP contribution in [0, 0.1) is 13.8 Å². The summed E-state index contributed by atoms with van der Waals surface area (Å²) in [4.78, 5) is 16.1. The molecule has 1 aromatic carbocycles. The molecule has 0 bridgehead atoms. The Morgan fingerprint density at radius 1 is 1.30 bits per heavy atom. The van der Waals surface area contributed by atoms with Gasteiger partial charge in [0.15, 0.2) is 5.82 Å². The Morgan fingerprint density at radius 3 is 2.74 bits per heavy atom. The lowest BCUT2D eigenvalue weighted by Crippen LogP contribution is -2.22. The van der Waals surface area contributed by atoms with Crippen LogP contribution in [0.3, 0.4) is 0 Å². The van der Waals surface area contributed by atoms with Crippen molar-refractivity contribution in [2.45, 2.75) is 13.8 Å². The van der Waals surface area contributed by atoms with Crippen molar-refractivity contribution in [1.82, 2.24) is 4.98 Å². The summed E-state index contributed by atoms with van der Waals surface area (Å²) in [5.41, 5.74) is 2.48. The van der Waals surface area contributed by atoms with Crippen molar-refractivity contribution in [3.63, 3.8) is 0 Å². The summed E-state index contributed by atoms with van der Waals surface area (Å²) in [5.74, 6) is 0.683. The number of halogens is 2. The molecule has 0 aliphatic rings. The first-order valence-corrected chi connectivity index (χ1v) is 7.67. The van der Waals surface area contributed by atoms with Crippen LogP contribution in [0.1, 0.15) is 11.1 Å². The Bertz CT molecular complexity index is 736. The smallest absolute Gasteiger partial charge is 0.244 e. The molecule has 2 aromatic rings. The third-order valence-corrected chi connectivity index (χ3v) is 4.10. The quantitative estimate of drug-likeness (QED) is 0.850. The van der Waals surface area contributed by atoms with Crippen molar-refractivity contribution >= 4 is 40.6 Å². The molecule has 23 heavy (non-hydrogen) atoms. The number of aryl methyl sites for hydroxylation is 1. The first-order chi connectivity index (χ1) is 10.9. The second-order valence-corrected chi connectivity index (χ2v) is 5.78. The van der Waals surface area contributed by atoms with E-state index in [2.05, 4.69) is 15.6 Å². The van der Waals surface area contributed by atoms with E-state index in [0.29, 0.717) is 21.4 Å². The first-order valence-electron chi connectivity index (χ1n) is 6.91. The molecule has 2 rings (SSSR count). The predicted octanol–water partition coefficient (Wildman–Crippen LogP) is 4.06. The highest BCUT2D eigenvalue weighted by Gasteiger charge is 2.12. The monoisotopic (exact) mass is 353 g/mol. The number of anilines is 2. The number of hydrogen-bond donors (Lipinski definition) is 2. The Kier molecular flexibility index (Phi) is 5.69. The fourth-order valence-corrected chi connectivity index (χ4v) is 2.35. The summed E-state index contributed by atoms with van der Waals surface area (Å²) in [5, 5.41) is 6.48. The van der Waals surface area contributed by atoms with Crippen molar-refractivity contribution in [2.75, 3.05) is 24.3 Å². The second-order valence-electron chi connectivity index (χ2n) is 5.00. The number of benzene rings is 1. The molecule has 0 saturated heterocycles. The van der Waals surface area contributed by atoms with Crippen LogP contribution >= 0.6 is 23.2 Å². The number of ether oxygens (including phenoxy) is 1. The maximum Gasteiger partial charge on any atom is 0.244 e. The van der Waals surface area contributed by atoms with Gasteiger partial charge < -0.3 is 15.4 Å². The summed E-state index contributed by atoms with van der Waals surface area (Å²) < 4.78 is 5.26. The van der Waals surface area contributed by atoms with Gasteiger partial charge in [0, 0.05) is 6.20 Å². The molecule has 0 spiro atoms. The average Bonchev–Trinajstić information content (AvgIpc) is 2.53. The minimum atomic E-state index is -0.273. The van der Waals surface area contributed by atoms with E-state index in [1.807, 2.05) is 25.1 Å². The normalized spacial score (nSPS) is 10.3. The van der Waals surface area contributed by atoms with E-state index in [9.17, 15) is 4.79 Å². The first kappa shape index (κ1) is 17.4. The van der Waals surface area contributed by atoms with E-state index in [1.54, 1.807) is 14.0 Å². The summed E-state index contributed by atoms with van der Waals surface area (Å²) >= 11 is 12.1. The standard InChI is InChI=1S/C16H17Cl2N3O2/c1-9-4-5-13(23-3)12(6-9)19-8-14(22)21-16-15(18)10(2)11(17)7-20-16/h4-7,19H,8H2,1-3H3,(H,20,21,22). The van der Waals surface area contributed by atoms with Gasteiger partial charge in [0.1, 0.15) is 5.75 Å². The van der Waals surface area contributed by atoms with E-state index in [-0.39, 0.29) is 18.3 Å². The highest BCUT2D eigenvalue weighted by molar-refractivity contribution is 6.37. The fourth-order valence-electron chi connectivity index (χ4n) is 1.96. The van der Waals surface area contributed by atoms with Gasteiger partial charge in [-0.3, -0.25) is 4.79 Å². The summed E-state index contributed by atoms with van der Waals surface area (Å²) in [6, 6.07) is 5.69. The second kappa shape index (κ2) is 7.53. The van der Waals surface area contributed by atoms with Crippen LogP contribution in [0.15, 0.2) is 24.4 Å². The lowest BCUT2D eigenvalue weighted by atomic mass is 10.2. The van der Waals surface area contributed by atoms with Gasteiger partial charge in [0.25, 0.3) is 0 Å². The zero-order chi connectivity index (χ0) is 17.0. The van der Waals surface area contributed by atoms with E-state index in [1.165, 1.54) is 6.20 Å². The lowest BCUT2D eigenvalue weighted by molar-refractivity contribution is -0.114. The van der Waals surface area contributed by atoms with Gasteiger partial charge in [0.05, 0.1) is 29.4 Å². The van der Waals surface area contributed by atoms with Crippen LogP contribution in [0.5, 0.6) is 5.75 Å². The number of carbonyl (C=O) groups excluding carboxylic acids is 1. The molecule has 0 aliphatic heterocycles. The van der Waals surface area contributed by atoms with Crippen LogP contribution in [0.25, 0.3) is 0 Å². The van der Waals surface area contributed by atoms with Gasteiger partial charge in [-0.2, -0.15) is 0 Å². The molecule has 0 unspecified atom stereocenters. The van der Waals surface area contributed by atoms with Gasteiger partial charge in [-0.25, -0.2) is 4.98 Å². The average molecular weight is 354 g/mol. The molecule has 2 N–H and O–H groups in total. The van der Waals surface area contributed by atoms with Crippen LogP contribution in [-0.2, 0) is 4.79 Å². The molecule has 0 fully saturated rings. The van der Waals surface area contributed by atoms with E-state index >= 15 is 0 Å². The van der Waals surface area contributed by atoms with Crippen molar-refractivity contribution in [1.29, 1.82) is 0 Å². The van der Waals surface area contributed by atoms with E-state index < -0.39 is 0 Å². The number of amides is 1. The zero-order valence-electron chi connectivity index (χ0n) is 13.0. The summed E-state index contributed by atoms with van der Waals surface area (Å²) in [7, 11) is 1.58. The highest BCUT2D eigenvalue weighted by Crippen LogP contribution is 2.28. The molecule has 7 heteroatoms. The number of pyridine rings is 1. The largest absolute Gasteiger partial charge is 0.495 e. The van der Waals surface area contributed by atoms with Gasteiger partial charge >= 0.3 is 0 Å². The van der Waals surface area contributed by atoms with E-state index in [0.717, 1.165) is 11.3 Å². The van der Waals surface area contributed by atoms with Crippen LogP contribution in [0.2, 0.25) is 10.0 Å². The summed E-state index contributed by atoms with van der Waals surface area (Å²) in [6.07, 6.45) is 1.45.